The lowest BCUT2D eigenvalue weighted by molar-refractivity contribution is -0.339. The summed E-state index contributed by atoms with van der Waals surface area (Å²) in [4.78, 5) is 9.70. The fourth-order valence-corrected chi connectivity index (χ4v) is 18.5. The molecule has 2 aliphatic heterocycles. The molecule has 0 amide bonds. The number of aromatic nitrogens is 2. The summed E-state index contributed by atoms with van der Waals surface area (Å²) >= 11 is 0. The third-order valence-corrected chi connectivity index (χ3v) is 22.0. The molecule has 0 saturated carbocycles. The third-order valence-electron chi connectivity index (χ3n) is 12.0. The van der Waals surface area contributed by atoms with Gasteiger partial charge in [-0.3, -0.25) is 9.97 Å². The van der Waals surface area contributed by atoms with E-state index in [4.69, 9.17) is 37.8 Å². The zero-order valence-electron chi connectivity index (χ0n) is 37.5. The van der Waals surface area contributed by atoms with Crippen LogP contribution in [0.2, 0.25) is 10.1 Å². The lowest BCUT2D eigenvalue weighted by atomic mass is 10.0. The number of ether oxygens (including phenoxy) is 4. The zero-order chi connectivity index (χ0) is 43.7. The van der Waals surface area contributed by atoms with Crippen molar-refractivity contribution in [2.24, 2.45) is 0 Å². The molecule has 0 aliphatic carbocycles. The van der Waals surface area contributed by atoms with E-state index in [0.29, 0.717) is 18.7 Å². The number of hydrogen-bond donors (Lipinski definition) is 1. The minimum absolute atomic E-state index is 0.162. The van der Waals surface area contributed by atoms with Crippen molar-refractivity contribution in [3.05, 3.63) is 145 Å². The lowest BCUT2D eigenvalue weighted by Gasteiger charge is -2.47. The van der Waals surface area contributed by atoms with Crippen molar-refractivity contribution >= 4 is 37.4 Å². The van der Waals surface area contributed by atoms with Gasteiger partial charge in [0.25, 0.3) is 16.6 Å². The first-order valence-corrected chi connectivity index (χ1v) is 25.4. The molecule has 61 heavy (non-hydrogen) atoms. The number of aliphatic hydroxyl groups excluding tert-OH is 1. The van der Waals surface area contributed by atoms with E-state index in [9.17, 15) is 5.11 Å². The molecule has 7 rings (SSSR count). The van der Waals surface area contributed by atoms with Gasteiger partial charge in [0.2, 0.25) is 0 Å². The molecule has 2 aliphatic rings. The van der Waals surface area contributed by atoms with Crippen molar-refractivity contribution in [1.82, 2.24) is 9.97 Å². The number of nitrogens with zero attached hydrogens (tertiary/aromatic N) is 2. The highest BCUT2D eigenvalue weighted by atomic mass is 28.4. The fourth-order valence-electron chi connectivity index (χ4n) is 9.38. The second-order valence-corrected chi connectivity index (χ2v) is 28.0. The predicted molar refractivity (Wildman–Crippen MR) is 245 cm³/mol. The van der Waals surface area contributed by atoms with Gasteiger partial charge >= 0.3 is 0 Å². The monoisotopic (exact) mass is 860 g/mol. The highest BCUT2D eigenvalue weighted by molar-refractivity contribution is 7.00. The summed E-state index contributed by atoms with van der Waals surface area (Å²) in [6.07, 6.45) is 0.659. The molecule has 0 bridgehead atoms. The molecule has 4 aromatic carbocycles. The Balaban J connectivity index is 1.10. The molecular weight excluding hydrogens is 797 g/mol. The second kappa shape index (κ2) is 17.7. The maximum Gasteiger partial charge on any atom is 0.261 e. The lowest BCUT2D eigenvalue weighted by Crippen LogP contribution is -2.67. The number of aliphatic hydroxyl groups is 1. The second-order valence-electron chi connectivity index (χ2n) is 19.4. The molecule has 0 unspecified atom stereocenters. The van der Waals surface area contributed by atoms with Crippen molar-refractivity contribution in [1.29, 1.82) is 0 Å². The van der Waals surface area contributed by atoms with E-state index in [2.05, 4.69) is 151 Å². The summed E-state index contributed by atoms with van der Waals surface area (Å²) < 4.78 is 40.4. The molecule has 5 atom stereocenters. The minimum atomic E-state index is -2.90. The normalized spacial score (nSPS) is 23.2. The van der Waals surface area contributed by atoms with Crippen LogP contribution < -0.4 is 20.7 Å². The van der Waals surface area contributed by atoms with Crippen molar-refractivity contribution in [3.63, 3.8) is 0 Å². The Bertz CT molecular complexity index is 2080. The maximum atomic E-state index is 12.0. The van der Waals surface area contributed by atoms with Crippen LogP contribution in [-0.2, 0) is 34.2 Å². The van der Waals surface area contributed by atoms with E-state index in [-0.39, 0.29) is 28.9 Å². The molecule has 9 nitrogen and oxygen atoms in total. The van der Waals surface area contributed by atoms with E-state index in [1.807, 2.05) is 39.8 Å². The van der Waals surface area contributed by atoms with E-state index < -0.39 is 46.5 Å². The summed E-state index contributed by atoms with van der Waals surface area (Å²) in [5, 5.41) is 16.3. The Hall–Kier alpha value is -3.89. The zero-order valence-corrected chi connectivity index (χ0v) is 39.5. The standard InChI is InChI=1S/C50H64N2O7Si2/c1-47(2,3)60(37-23-15-11-16-24-37,38-25-17-12-18-26-38)54-34-43-42(56-49(7,8)57-43)31-36-32-52-41(33-51-36)46-45(53)44(58-50(9,10)59-46)35-55-61(48(4,5)6,39-27-19-13-20-28-39)40-29-21-14-22-30-40/h11-30,32-33,42-46,53H,31,34-35H2,1-10H3/t42-,43+,44+,45+,46+/m0/s1. The van der Waals surface area contributed by atoms with Crippen LogP contribution in [0.15, 0.2) is 134 Å². The third kappa shape index (κ3) is 9.41. The number of rotatable bonds is 13. The van der Waals surface area contributed by atoms with Gasteiger partial charge in [0.15, 0.2) is 11.6 Å². The Morgan fingerprint density at radius 3 is 1.30 bits per heavy atom. The van der Waals surface area contributed by atoms with Gasteiger partial charge in [-0.15, -0.1) is 0 Å². The average Bonchev–Trinajstić information content (AvgIpc) is 3.52. The van der Waals surface area contributed by atoms with Gasteiger partial charge in [0, 0.05) is 12.6 Å². The van der Waals surface area contributed by atoms with Gasteiger partial charge in [-0.2, -0.15) is 0 Å². The Labute approximate surface area is 365 Å². The first-order chi connectivity index (χ1) is 28.9. The van der Waals surface area contributed by atoms with Crippen LogP contribution in [0.25, 0.3) is 0 Å². The highest BCUT2D eigenvalue weighted by Crippen LogP contribution is 2.41. The van der Waals surface area contributed by atoms with Gasteiger partial charge in [0.05, 0.1) is 36.9 Å². The predicted octanol–water partition coefficient (Wildman–Crippen LogP) is 7.25. The van der Waals surface area contributed by atoms with E-state index in [1.165, 1.54) is 10.4 Å². The molecule has 0 spiro atoms. The molecule has 2 saturated heterocycles. The van der Waals surface area contributed by atoms with Crippen LogP contribution in [0.1, 0.15) is 86.7 Å². The maximum absolute atomic E-state index is 12.0. The van der Waals surface area contributed by atoms with E-state index >= 15 is 0 Å². The summed E-state index contributed by atoms with van der Waals surface area (Å²) in [5.41, 5.74) is 1.25. The van der Waals surface area contributed by atoms with Crippen LogP contribution >= 0.6 is 0 Å². The topological polar surface area (TPSA) is 101 Å². The minimum Gasteiger partial charge on any atom is -0.405 e. The average molecular weight is 861 g/mol. The van der Waals surface area contributed by atoms with Gasteiger partial charge in [-0.1, -0.05) is 163 Å². The Morgan fingerprint density at radius 2 is 0.902 bits per heavy atom. The molecule has 0 radical (unpaired) electrons. The number of hydrogen-bond acceptors (Lipinski definition) is 9. The van der Waals surface area contributed by atoms with Crippen LogP contribution in [-0.4, -0.2) is 80.9 Å². The van der Waals surface area contributed by atoms with E-state index in [0.717, 1.165) is 16.1 Å². The van der Waals surface area contributed by atoms with Crippen LogP contribution in [0.3, 0.4) is 0 Å². The molecule has 11 heteroatoms. The molecule has 2 fully saturated rings. The molecule has 5 aromatic rings. The smallest absolute Gasteiger partial charge is 0.261 e. The summed E-state index contributed by atoms with van der Waals surface area (Å²) in [6.45, 7) is 21.6. The first-order valence-electron chi connectivity index (χ1n) is 21.6. The summed E-state index contributed by atoms with van der Waals surface area (Å²) in [6, 6.07) is 42.2. The van der Waals surface area contributed by atoms with Gasteiger partial charge in [-0.05, 0) is 58.5 Å². The SMILES string of the molecule is CC1(C)O[C@H](c2cnc(C[C@@H]3OC(C)(C)O[C@@H]3CO[Si](c3ccccc3)(c3ccccc3)C(C)(C)C)cn2)[C@H](O)[C@@H](CO[Si](c2ccccc2)(c2ccccc2)C(C)(C)C)O1. The first kappa shape index (κ1) is 45.1. The molecular formula is C50H64N2O7Si2. The van der Waals surface area contributed by atoms with Crippen LogP contribution in [0.4, 0.5) is 0 Å². The fraction of sp³-hybridized carbons (Fsp3) is 0.440. The van der Waals surface area contributed by atoms with Gasteiger partial charge in [-0.25, -0.2) is 0 Å². The van der Waals surface area contributed by atoms with Crippen LogP contribution in [0, 0.1) is 0 Å². The largest absolute Gasteiger partial charge is 0.405 e. The summed E-state index contributed by atoms with van der Waals surface area (Å²) in [5.74, 6) is -1.84. The molecule has 1 N–H and O–H groups in total. The molecule has 324 valence electrons. The molecule has 3 heterocycles. The van der Waals surface area contributed by atoms with Gasteiger partial charge < -0.3 is 32.9 Å². The Morgan fingerprint density at radius 1 is 0.525 bits per heavy atom. The number of benzene rings is 4. The Kier molecular flexibility index (Phi) is 13.1. The van der Waals surface area contributed by atoms with Crippen molar-refractivity contribution < 1.29 is 32.9 Å². The molecule has 1 aromatic heterocycles. The summed E-state index contributed by atoms with van der Waals surface area (Å²) in [7, 11) is -5.72. The quantitative estimate of drug-likeness (QED) is 0.123. The van der Waals surface area contributed by atoms with Crippen molar-refractivity contribution in [2.45, 2.75) is 128 Å². The van der Waals surface area contributed by atoms with Crippen molar-refractivity contribution in [3.8, 4) is 0 Å². The highest BCUT2D eigenvalue weighted by Gasteiger charge is 2.54. The van der Waals surface area contributed by atoms with Crippen molar-refractivity contribution in [2.75, 3.05) is 13.2 Å². The van der Waals surface area contributed by atoms with E-state index in [1.54, 1.807) is 12.4 Å². The van der Waals surface area contributed by atoms with Gasteiger partial charge in [0.1, 0.15) is 24.4 Å². The van der Waals surface area contributed by atoms with Crippen LogP contribution in [0.5, 0.6) is 0 Å².